The highest BCUT2D eigenvalue weighted by Crippen LogP contribution is 2.15. The van der Waals surface area contributed by atoms with E-state index in [0.717, 1.165) is 5.56 Å². The van der Waals surface area contributed by atoms with Crippen molar-refractivity contribution in [2.24, 2.45) is 0 Å². The summed E-state index contributed by atoms with van der Waals surface area (Å²) in [7, 11) is 0. The molecule has 2 aromatic carbocycles. The highest BCUT2D eigenvalue weighted by Gasteiger charge is 2.07. The summed E-state index contributed by atoms with van der Waals surface area (Å²) in [6.45, 7) is -0.488. The quantitative estimate of drug-likeness (QED) is 0.732. The molecule has 0 aliphatic rings. The van der Waals surface area contributed by atoms with Crippen LogP contribution >= 0.6 is 0 Å². The summed E-state index contributed by atoms with van der Waals surface area (Å²) in [6.07, 6.45) is -0.0110. The molecule has 0 fully saturated rings. The minimum absolute atomic E-state index is 0.0919. The van der Waals surface area contributed by atoms with Gasteiger partial charge in [0.2, 0.25) is 0 Å². The molecular formula is C19H20F2N2O4. The van der Waals surface area contributed by atoms with Gasteiger partial charge >= 0.3 is 12.7 Å². The van der Waals surface area contributed by atoms with Gasteiger partial charge in [-0.1, -0.05) is 12.1 Å². The van der Waals surface area contributed by atoms with E-state index in [1.807, 2.05) is 0 Å². The predicted octanol–water partition coefficient (Wildman–Crippen LogP) is 3.83. The number of rotatable bonds is 8. The Bertz CT molecular complexity index is 749. The minimum atomic E-state index is -2.85. The Morgan fingerprint density at radius 2 is 1.70 bits per heavy atom. The van der Waals surface area contributed by atoms with Crippen molar-refractivity contribution in [1.82, 2.24) is 5.32 Å². The Morgan fingerprint density at radius 1 is 1.04 bits per heavy atom. The number of halogens is 2. The molecule has 0 spiro atoms. The second-order valence-corrected chi connectivity index (χ2v) is 5.45. The molecule has 0 bridgehead atoms. The van der Waals surface area contributed by atoms with Gasteiger partial charge in [0.25, 0.3) is 5.91 Å². The topological polar surface area (TPSA) is 76.7 Å². The minimum Gasteiger partial charge on any atom is -0.450 e. The van der Waals surface area contributed by atoms with E-state index in [1.54, 1.807) is 43.3 Å². The molecule has 6 nitrogen and oxygen atoms in total. The highest BCUT2D eigenvalue weighted by atomic mass is 19.3. The maximum absolute atomic E-state index is 12.1. The molecule has 0 saturated carbocycles. The summed E-state index contributed by atoms with van der Waals surface area (Å²) >= 11 is 0. The smallest absolute Gasteiger partial charge is 0.411 e. The van der Waals surface area contributed by atoms with Gasteiger partial charge in [0.1, 0.15) is 5.75 Å². The zero-order valence-electron chi connectivity index (χ0n) is 14.7. The summed E-state index contributed by atoms with van der Waals surface area (Å²) in [4.78, 5) is 23.4. The summed E-state index contributed by atoms with van der Waals surface area (Å²) < 4.78 is 33.2. The van der Waals surface area contributed by atoms with Crippen molar-refractivity contribution in [3.05, 3.63) is 59.7 Å². The van der Waals surface area contributed by atoms with Crippen LogP contribution in [0, 0.1) is 0 Å². The summed E-state index contributed by atoms with van der Waals surface area (Å²) in [5.74, 6) is -0.162. The van der Waals surface area contributed by atoms with E-state index in [9.17, 15) is 18.4 Å². The molecule has 0 unspecified atom stereocenters. The van der Waals surface area contributed by atoms with E-state index in [4.69, 9.17) is 4.74 Å². The van der Waals surface area contributed by atoms with E-state index in [-0.39, 0.29) is 18.3 Å². The van der Waals surface area contributed by atoms with Crippen LogP contribution in [-0.2, 0) is 11.2 Å². The van der Waals surface area contributed by atoms with Gasteiger partial charge in [0.05, 0.1) is 6.61 Å². The molecule has 8 heteroatoms. The van der Waals surface area contributed by atoms with Crippen molar-refractivity contribution < 1.29 is 27.8 Å². The van der Waals surface area contributed by atoms with Gasteiger partial charge in [-0.3, -0.25) is 10.1 Å². The predicted molar refractivity (Wildman–Crippen MR) is 96.2 cm³/mol. The monoisotopic (exact) mass is 378 g/mol. The lowest BCUT2D eigenvalue weighted by atomic mass is 10.1. The molecule has 0 aromatic heterocycles. The molecule has 0 radical (unpaired) electrons. The van der Waals surface area contributed by atoms with Crippen molar-refractivity contribution in [1.29, 1.82) is 0 Å². The van der Waals surface area contributed by atoms with Crippen LogP contribution in [0.25, 0.3) is 0 Å². The van der Waals surface area contributed by atoms with E-state index in [2.05, 4.69) is 15.4 Å². The van der Waals surface area contributed by atoms with Crippen molar-refractivity contribution >= 4 is 17.7 Å². The zero-order chi connectivity index (χ0) is 19.6. The molecular weight excluding hydrogens is 358 g/mol. The summed E-state index contributed by atoms with van der Waals surface area (Å²) in [5.41, 5.74) is 1.85. The Kier molecular flexibility index (Phi) is 7.54. The third-order valence-corrected chi connectivity index (χ3v) is 3.52. The van der Waals surface area contributed by atoms with Gasteiger partial charge in [-0.25, -0.2) is 4.79 Å². The third-order valence-electron chi connectivity index (χ3n) is 3.52. The summed E-state index contributed by atoms with van der Waals surface area (Å²) in [6, 6.07) is 12.6. The molecule has 0 aliphatic carbocycles. The van der Waals surface area contributed by atoms with Gasteiger partial charge in [-0.15, -0.1) is 0 Å². The van der Waals surface area contributed by atoms with Crippen LogP contribution in [0.4, 0.5) is 19.3 Å². The van der Waals surface area contributed by atoms with Gasteiger partial charge < -0.3 is 14.8 Å². The number of carbonyl (C=O) groups is 2. The molecule has 0 heterocycles. The molecule has 2 rings (SSSR count). The molecule has 0 aliphatic heterocycles. The maximum atomic E-state index is 12.1. The fraction of sp³-hybridized carbons (Fsp3) is 0.263. The third kappa shape index (κ3) is 6.93. The lowest BCUT2D eigenvalue weighted by molar-refractivity contribution is -0.0498. The molecule has 0 saturated heterocycles. The number of benzene rings is 2. The van der Waals surface area contributed by atoms with Crippen LogP contribution in [0.2, 0.25) is 0 Å². The molecule has 0 atom stereocenters. The van der Waals surface area contributed by atoms with Gasteiger partial charge in [-0.2, -0.15) is 8.78 Å². The van der Waals surface area contributed by atoms with Crippen LogP contribution < -0.4 is 15.4 Å². The van der Waals surface area contributed by atoms with Crippen molar-refractivity contribution in [3.8, 4) is 5.75 Å². The molecule has 2 amide bonds. The first-order chi connectivity index (χ1) is 13.0. The van der Waals surface area contributed by atoms with Gasteiger partial charge in [0.15, 0.2) is 0 Å². The number of hydrogen-bond donors (Lipinski definition) is 2. The van der Waals surface area contributed by atoms with Gasteiger partial charge in [0, 0.05) is 17.8 Å². The number of anilines is 1. The van der Waals surface area contributed by atoms with Crippen molar-refractivity contribution in [2.75, 3.05) is 18.5 Å². The van der Waals surface area contributed by atoms with Crippen molar-refractivity contribution in [2.45, 2.75) is 20.0 Å². The molecule has 2 N–H and O–H groups in total. The standard InChI is InChI=1S/C19H20F2N2O4/c1-2-26-19(25)23-15-7-5-14(6-8-15)17(24)22-12-11-13-3-9-16(10-4-13)27-18(20)21/h3-10,18H,2,11-12H2,1H3,(H,22,24)(H,23,25). The Hall–Kier alpha value is -3.16. The van der Waals surface area contributed by atoms with Crippen LogP contribution in [0.15, 0.2) is 48.5 Å². The number of ether oxygens (including phenoxy) is 2. The average molecular weight is 378 g/mol. The maximum Gasteiger partial charge on any atom is 0.411 e. The van der Waals surface area contributed by atoms with E-state index >= 15 is 0 Å². The second kappa shape index (κ2) is 10.1. The highest BCUT2D eigenvalue weighted by molar-refractivity contribution is 5.95. The number of hydrogen-bond acceptors (Lipinski definition) is 4. The molecule has 144 valence electrons. The van der Waals surface area contributed by atoms with Crippen LogP contribution in [0.1, 0.15) is 22.8 Å². The lowest BCUT2D eigenvalue weighted by Gasteiger charge is -2.08. The number of carbonyl (C=O) groups excluding carboxylic acids is 2. The van der Waals surface area contributed by atoms with E-state index < -0.39 is 12.7 Å². The normalized spacial score (nSPS) is 10.4. The SMILES string of the molecule is CCOC(=O)Nc1ccc(C(=O)NCCc2ccc(OC(F)F)cc2)cc1. The first kappa shape index (κ1) is 20.2. The van der Waals surface area contributed by atoms with Crippen molar-refractivity contribution in [3.63, 3.8) is 0 Å². The van der Waals surface area contributed by atoms with Crippen LogP contribution in [0.5, 0.6) is 5.75 Å². The number of nitrogens with one attached hydrogen (secondary N) is 2. The largest absolute Gasteiger partial charge is 0.450 e. The van der Waals surface area contributed by atoms with Crippen LogP contribution in [-0.4, -0.2) is 31.8 Å². The lowest BCUT2D eigenvalue weighted by Crippen LogP contribution is -2.25. The summed E-state index contributed by atoms with van der Waals surface area (Å²) in [5, 5.41) is 5.31. The average Bonchev–Trinajstić information content (AvgIpc) is 2.63. The molecule has 2 aromatic rings. The Balaban J connectivity index is 1.79. The molecule has 27 heavy (non-hydrogen) atoms. The Morgan fingerprint density at radius 3 is 2.30 bits per heavy atom. The number of amides is 2. The zero-order valence-corrected chi connectivity index (χ0v) is 14.7. The Labute approximate surface area is 155 Å². The first-order valence-electron chi connectivity index (χ1n) is 8.33. The number of alkyl halides is 2. The second-order valence-electron chi connectivity index (χ2n) is 5.45. The van der Waals surface area contributed by atoms with Gasteiger partial charge in [-0.05, 0) is 55.3 Å². The van der Waals surface area contributed by atoms with E-state index in [1.165, 1.54) is 12.1 Å². The fourth-order valence-corrected chi connectivity index (χ4v) is 2.25. The fourth-order valence-electron chi connectivity index (χ4n) is 2.25. The van der Waals surface area contributed by atoms with E-state index in [0.29, 0.717) is 24.2 Å². The first-order valence-corrected chi connectivity index (χ1v) is 8.33. The van der Waals surface area contributed by atoms with Crippen LogP contribution in [0.3, 0.4) is 0 Å².